The SMILES string of the molecule is O=C(C1CCCC1)C1CCCNC1. The molecule has 0 amide bonds. The predicted molar refractivity (Wildman–Crippen MR) is 52.6 cm³/mol. The first-order valence-corrected chi connectivity index (χ1v) is 5.62. The van der Waals surface area contributed by atoms with Crippen LogP contribution in [-0.4, -0.2) is 18.9 Å². The van der Waals surface area contributed by atoms with Crippen LogP contribution in [0.1, 0.15) is 38.5 Å². The van der Waals surface area contributed by atoms with Gasteiger partial charge in [0.05, 0.1) is 0 Å². The quantitative estimate of drug-likeness (QED) is 0.703. The molecule has 2 rings (SSSR count). The largest absolute Gasteiger partial charge is 0.316 e. The summed E-state index contributed by atoms with van der Waals surface area (Å²) in [6.07, 6.45) is 7.18. The average Bonchev–Trinajstić information content (AvgIpc) is 2.71. The molecule has 0 aromatic heterocycles. The lowest BCUT2D eigenvalue weighted by Crippen LogP contribution is -2.36. The Morgan fingerprint density at radius 1 is 1.00 bits per heavy atom. The van der Waals surface area contributed by atoms with E-state index < -0.39 is 0 Å². The molecule has 1 saturated heterocycles. The third kappa shape index (κ3) is 2.11. The van der Waals surface area contributed by atoms with Gasteiger partial charge in [-0.15, -0.1) is 0 Å². The molecule has 1 heterocycles. The van der Waals surface area contributed by atoms with Crippen LogP contribution in [0.3, 0.4) is 0 Å². The lowest BCUT2D eigenvalue weighted by atomic mass is 9.87. The molecule has 0 aromatic rings. The van der Waals surface area contributed by atoms with Crippen LogP contribution in [0.4, 0.5) is 0 Å². The number of Topliss-reactive ketones (excluding diaryl/α,β-unsaturated/α-hetero) is 1. The van der Waals surface area contributed by atoms with Crippen LogP contribution < -0.4 is 5.32 Å². The van der Waals surface area contributed by atoms with Crippen molar-refractivity contribution in [1.82, 2.24) is 5.32 Å². The highest BCUT2D eigenvalue weighted by molar-refractivity contribution is 5.83. The van der Waals surface area contributed by atoms with Gasteiger partial charge in [0.1, 0.15) is 5.78 Å². The topological polar surface area (TPSA) is 29.1 Å². The van der Waals surface area contributed by atoms with Gasteiger partial charge in [0.25, 0.3) is 0 Å². The van der Waals surface area contributed by atoms with Gasteiger partial charge in [0.15, 0.2) is 0 Å². The van der Waals surface area contributed by atoms with E-state index in [1.54, 1.807) is 0 Å². The molecular weight excluding hydrogens is 162 g/mol. The highest BCUT2D eigenvalue weighted by atomic mass is 16.1. The lowest BCUT2D eigenvalue weighted by molar-refractivity contribution is -0.127. The zero-order valence-electron chi connectivity index (χ0n) is 8.22. The predicted octanol–water partition coefficient (Wildman–Crippen LogP) is 1.75. The molecule has 2 aliphatic rings. The van der Waals surface area contributed by atoms with Crippen molar-refractivity contribution in [3.05, 3.63) is 0 Å². The third-order valence-corrected chi connectivity index (χ3v) is 3.46. The van der Waals surface area contributed by atoms with Crippen molar-refractivity contribution < 1.29 is 4.79 Å². The van der Waals surface area contributed by atoms with Gasteiger partial charge in [0.2, 0.25) is 0 Å². The van der Waals surface area contributed by atoms with E-state index >= 15 is 0 Å². The Morgan fingerprint density at radius 3 is 2.31 bits per heavy atom. The van der Waals surface area contributed by atoms with Crippen LogP contribution >= 0.6 is 0 Å². The molecule has 13 heavy (non-hydrogen) atoms. The summed E-state index contributed by atoms with van der Waals surface area (Å²) in [5.41, 5.74) is 0. The summed E-state index contributed by atoms with van der Waals surface area (Å²) in [5.74, 6) is 1.33. The Kier molecular flexibility index (Phi) is 2.99. The second-order valence-corrected chi connectivity index (χ2v) is 4.43. The van der Waals surface area contributed by atoms with Gasteiger partial charge in [-0.2, -0.15) is 0 Å². The molecule has 2 heteroatoms. The normalized spacial score (nSPS) is 30.6. The highest BCUT2D eigenvalue weighted by Crippen LogP contribution is 2.29. The number of hydrogen-bond donors (Lipinski definition) is 1. The number of carbonyl (C=O) groups is 1. The van der Waals surface area contributed by atoms with Gasteiger partial charge in [-0.25, -0.2) is 0 Å². The number of carbonyl (C=O) groups excluding carboxylic acids is 1. The summed E-state index contributed by atoms with van der Waals surface area (Å²) >= 11 is 0. The van der Waals surface area contributed by atoms with Gasteiger partial charge in [-0.05, 0) is 32.2 Å². The van der Waals surface area contributed by atoms with Crippen molar-refractivity contribution >= 4 is 5.78 Å². The van der Waals surface area contributed by atoms with Crippen LogP contribution in [0.25, 0.3) is 0 Å². The standard InChI is InChI=1S/C11H19NO/c13-11(9-4-1-2-5-9)10-6-3-7-12-8-10/h9-10,12H,1-8H2. The van der Waals surface area contributed by atoms with Gasteiger partial charge in [0, 0.05) is 18.4 Å². The van der Waals surface area contributed by atoms with Crippen LogP contribution in [0, 0.1) is 11.8 Å². The van der Waals surface area contributed by atoms with Crippen molar-refractivity contribution in [2.24, 2.45) is 11.8 Å². The summed E-state index contributed by atoms with van der Waals surface area (Å²) in [6, 6.07) is 0. The van der Waals surface area contributed by atoms with E-state index in [0.717, 1.165) is 32.4 Å². The maximum atomic E-state index is 12.0. The van der Waals surface area contributed by atoms with E-state index in [1.165, 1.54) is 19.3 Å². The molecular formula is C11H19NO. The zero-order valence-corrected chi connectivity index (χ0v) is 8.22. The monoisotopic (exact) mass is 181 g/mol. The number of piperidine rings is 1. The van der Waals surface area contributed by atoms with Crippen LogP contribution in [0.2, 0.25) is 0 Å². The maximum absolute atomic E-state index is 12.0. The maximum Gasteiger partial charge on any atom is 0.140 e. The fourth-order valence-electron chi connectivity index (χ4n) is 2.64. The number of rotatable bonds is 2. The molecule has 1 unspecified atom stereocenters. The summed E-state index contributed by atoms with van der Waals surface area (Å²) in [6.45, 7) is 2.05. The molecule has 1 atom stereocenters. The van der Waals surface area contributed by atoms with Crippen molar-refractivity contribution in [3.63, 3.8) is 0 Å². The minimum Gasteiger partial charge on any atom is -0.316 e. The van der Waals surface area contributed by atoms with Crippen molar-refractivity contribution in [2.45, 2.75) is 38.5 Å². The fraction of sp³-hybridized carbons (Fsp3) is 0.909. The first-order chi connectivity index (χ1) is 6.38. The molecule has 1 saturated carbocycles. The molecule has 2 fully saturated rings. The van der Waals surface area contributed by atoms with Crippen molar-refractivity contribution in [3.8, 4) is 0 Å². The lowest BCUT2D eigenvalue weighted by Gasteiger charge is -2.23. The molecule has 0 spiro atoms. The zero-order chi connectivity index (χ0) is 9.10. The van der Waals surface area contributed by atoms with E-state index in [4.69, 9.17) is 0 Å². The summed E-state index contributed by atoms with van der Waals surface area (Å²) < 4.78 is 0. The molecule has 0 radical (unpaired) electrons. The number of nitrogens with one attached hydrogen (secondary N) is 1. The second kappa shape index (κ2) is 4.23. The molecule has 0 bridgehead atoms. The van der Waals surface area contributed by atoms with Gasteiger partial charge >= 0.3 is 0 Å². The Hall–Kier alpha value is -0.370. The molecule has 1 N–H and O–H groups in total. The Balaban J connectivity index is 1.87. The minimum atomic E-state index is 0.344. The fourth-order valence-corrected chi connectivity index (χ4v) is 2.64. The molecule has 1 aliphatic carbocycles. The Bertz CT molecular complexity index is 179. The number of ketones is 1. The first-order valence-electron chi connectivity index (χ1n) is 5.62. The summed E-state index contributed by atoms with van der Waals surface area (Å²) in [4.78, 5) is 12.0. The Labute approximate surface area is 80.1 Å². The van der Waals surface area contributed by atoms with Gasteiger partial charge in [-0.3, -0.25) is 4.79 Å². The van der Waals surface area contributed by atoms with E-state index in [-0.39, 0.29) is 0 Å². The number of hydrogen-bond acceptors (Lipinski definition) is 2. The molecule has 2 nitrogen and oxygen atoms in total. The first kappa shape index (κ1) is 9.20. The van der Waals surface area contributed by atoms with Gasteiger partial charge in [-0.1, -0.05) is 12.8 Å². The van der Waals surface area contributed by atoms with Crippen LogP contribution in [-0.2, 0) is 4.79 Å². The van der Waals surface area contributed by atoms with Crippen LogP contribution in [0.5, 0.6) is 0 Å². The average molecular weight is 181 g/mol. The van der Waals surface area contributed by atoms with E-state index in [9.17, 15) is 4.79 Å². The smallest absolute Gasteiger partial charge is 0.140 e. The summed E-state index contributed by atoms with van der Waals surface area (Å²) in [7, 11) is 0. The van der Waals surface area contributed by atoms with E-state index in [0.29, 0.717) is 17.6 Å². The highest BCUT2D eigenvalue weighted by Gasteiger charge is 2.29. The van der Waals surface area contributed by atoms with Crippen molar-refractivity contribution in [1.29, 1.82) is 0 Å². The minimum absolute atomic E-state index is 0.344. The van der Waals surface area contributed by atoms with E-state index in [2.05, 4.69) is 5.32 Å². The molecule has 74 valence electrons. The van der Waals surface area contributed by atoms with Crippen LogP contribution in [0.15, 0.2) is 0 Å². The van der Waals surface area contributed by atoms with E-state index in [1.807, 2.05) is 0 Å². The third-order valence-electron chi connectivity index (χ3n) is 3.46. The summed E-state index contributed by atoms with van der Waals surface area (Å²) in [5, 5.41) is 3.32. The van der Waals surface area contributed by atoms with Gasteiger partial charge < -0.3 is 5.32 Å². The molecule has 0 aromatic carbocycles. The second-order valence-electron chi connectivity index (χ2n) is 4.43. The molecule has 1 aliphatic heterocycles. The van der Waals surface area contributed by atoms with Crippen molar-refractivity contribution in [2.75, 3.05) is 13.1 Å². The Morgan fingerprint density at radius 2 is 1.69 bits per heavy atom.